The molecule has 0 spiro atoms. The Hall–Kier alpha value is -0.250. The van der Waals surface area contributed by atoms with Crippen molar-refractivity contribution in [3.8, 4) is 0 Å². The number of nitrogens with zero attached hydrogens (tertiary/aromatic N) is 1. The van der Waals surface area contributed by atoms with Crippen LogP contribution in [-0.4, -0.2) is 23.3 Å². The summed E-state index contributed by atoms with van der Waals surface area (Å²) in [5.74, 6) is 1.12. The summed E-state index contributed by atoms with van der Waals surface area (Å²) in [5.41, 5.74) is 1.38. The average Bonchev–Trinajstić information content (AvgIpc) is 2.69. The SMILES string of the molecule is Cl.c1cc(CS[C@H]2CCNC2)ccn1. The first-order valence-electron chi connectivity index (χ1n) is 4.66. The number of aromatic nitrogens is 1. The standard InChI is InChI=1S/C10H14N2S.ClH/c1-4-11-5-2-9(1)8-13-10-3-6-12-7-10;/h1-2,4-5,10,12H,3,6-8H2;1H/t10-;/m0./s1. The second kappa shape index (κ2) is 6.27. The van der Waals surface area contributed by atoms with E-state index in [1.54, 1.807) is 0 Å². The Kier molecular flexibility index (Phi) is 5.30. The van der Waals surface area contributed by atoms with Crippen LogP contribution in [0.1, 0.15) is 12.0 Å². The van der Waals surface area contributed by atoms with Gasteiger partial charge in [-0.25, -0.2) is 0 Å². The Morgan fingerprint density at radius 2 is 2.21 bits per heavy atom. The summed E-state index contributed by atoms with van der Waals surface area (Å²) < 4.78 is 0. The van der Waals surface area contributed by atoms with E-state index in [0.717, 1.165) is 11.0 Å². The first-order valence-corrected chi connectivity index (χ1v) is 5.71. The smallest absolute Gasteiger partial charge is 0.0270 e. The van der Waals surface area contributed by atoms with Crippen molar-refractivity contribution in [2.75, 3.05) is 13.1 Å². The number of rotatable bonds is 3. The minimum absolute atomic E-state index is 0. The molecule has 1 fully saturated rings. The summed E-state index contributed by atoms with van der Waals surface area (Å²) in [5, 5.41) is 4.19. The van der Waals surface area contributed by atoms with Crippen LogP contribution in [0.3, 0.4) is 0 Å². The van der Waals surface area contributed by atoms with Gasteiger partial charge in [0.05, 0.1) is 0 Å². The molecule has 1 aromatic heterocycles. The first kappa shape index (κ1) is 11.8. The Bertz CT molecular complexity index is 250. The van der Waals surface area contributed by atoms with Gasteiger partial charge >= 0.3 is 0 Å². The molecule has 1 aromatic rings. The zero-order chi connectivity index (χ0) is 8.93. The van der Waals surface area contributed by atoms with Crippen LogP contribution in [0.25, 0.3) is 0 Å². The monoisotopic (exact) mass is 230 g/mol. The van der Waals surface area contributed by atoms with Crippen molar-refractivity contribution in [2.45, 2.75) is 17.4 Å². The van der Waals surface area contributed by atoms with E-state index in [4.69, 9.17) is 0 Å². The van der Waals surface area contributed by atoms with Crippen LogP contribution in [0.15, 0.2) is 24.5 Å². The number of thioether (sulfide) groups is 1. The topological polar surface area (TPSA) is 24.9 Å². The molecule has 1 aliphatic rings. The minimum Gasteiger partial charge on any atom is -0.316 e. The lowest BCUT2D eigenvalue weighted by atomic mass is 10.3. The first-order chi connectivity index (χ1) is 6.45. The van der Waals surface area contributed by atoms with E-state index in [0.29, 0.717) is 0 Å². The van der Waals surface area contributed by atoms with Gasteiger partial charge in [0.1, 0.15) is 0 Å². The van der Waals surface area contributed by atoms with Crippen molar-refractivity contribution in [2.24, 2.45) is 0 Å². The molecule has 0 amide bonds. The Labute approximate surface area is 95.3 Å². The molecule has 4 heteroatoms. The summed E-state index contributed by atoms with van der Waals surface area (Å²) in [6.07, 6.45) is 5.04. The fourth-order valence-electron chi connectivity index (χ4n) is 1.46. The number of pyridine rings is 1. The third kappa shape index (κ3) is 3.48. The molecule has 0 unspecified atom stereocenters. The summed E-state index contributed by atoms with van der Waals surface area (Å²) in [6.45, 7) is 2.36. The summed E-state index contributed by atoms with van der Waals surface area (Å²) in [4.78, 5) is 4.00. The molecule has 1 saturated heterocycles. The van der Waals surface area contributed by atoms with Crippen LogP contribution in [-0.2, 0) is 5.75 Å². The van der Waals surface area contributed by atoms with Crippen LogP contribution in [0.4, 0.5) is 0 Å². The summed E-state index contributed by atoms with van der Waals surface area (Å²) in [7, 11) is 0. The Morgan fingerprint density at radius 3 is 2.86 bits per heavy atom. The summed E-state index contributed by atoms with van der Waals surface area (Å²) in [6, 6.07) is 4.19. The molecule has 78 valence electrons. The molecule has 1 atom stereocenters. The van der Waals surface area contributed by atoms with Gasteiger partial charge < -0.3 is 5.32 Å². The van der Waals surface area contributed by atoms with Gasteiger partial charge in [-0.05, 0) is 30.7 Å². The van der Waals surface area contributed by atoms with E-state index in [2.05, 4.69) is 22.4 Å². The lowest BCUT2D eigenvalue weighted by molar-refractivity contribution is 0.858. The van der Waals surface area contributed by atoms with E-state index >= 15 is 0 Å². The molecule has 0 aliphatic carbocycles. The highest BCUT2D eigenvalue weighted by molar-refractivity contribution is 7.99. The van der Waals surface area contributed by atoms with Crippen LogP contribution in [0.2, 0.25) is 0 Å². The molecule has 0 aromatic carbocycles. The van der Waals surface area contributed by atoms with E-state index in [1.807, 2.05) is 24.2 Å². The van der Waals surface area contributed by atoms with Crippen LogP contribution >= 0.6 is 24.2 Å². The predicted molar refractivity (Wildman–Crippen MR) is 64.1 cm³/mol. The van der Waals surface area contributed by atoms with Gasteiger partial charge in [0.25, 0.3) is 0 Å². The quantitative estimate of drug-likeness (QED) is 0.861. The number of hydrogen-bond donors (Lipinski definition) is 1. The van der Waals surface area contributed by atoms with Crippen LogP contribution < -0.4 is 5.32 Å². The minimum atomic E-state index is 0. The lowest BCUT2D eigenvalue weighted by Gasteiger charge is -2.06. The van der Waals surface area contributed by atoms with E-state index in [9.17, 15) is 0 Å². The van der Waals surface area contributed by atoms with Crippen LogP contribution in [0, 0.1) is 0 Å². The van der Waals surface area contributed by atoms with Crippen molar-refractivity contribution in [1.82, 2.24) is 10.3 Å². The van der Waals surface area contributed by atoms with Crippen molar-refractivity contribution in [3.63, 3.8) is 0 Å². The number of halogens is 1. The lowest BCUT2D eigenvalue weighted by Crippen LogP contribution is -2.10. The maximum absolute atomic E-state index is 4.00. The second-order valence-electron chi connectivity index (χ2n) is 3.28. The maximum atomic E-state index is 4.00. The highest BCUT2D eigenvalue weighted by atomic mass is 35.5. The molecule has 1 N–H and O–H groups in total. The van der Waals surface area contributed by atoms with Gasteiger partial charge in [0, 0.05) is 29.9 Å². The van der Waals surface area contributed by atoms with E-state index in [-0.39, 0.29) is 12.4 Å². The largest absolute Gasteiger partial charge is 0.316 e. The second-order valence-corrected chi connectivity index (χ2v) is 4.57. The van der Waals surface area contributed by atoms with Crippen molar-refractivity contribution in [3.05, 3.63) is 30.1 Å². The highest BCUT2D eigenvalue weighted by Gasteiger charge is 2.14. The van der Waals surface area contributed by atoms with Gasteiger partial charge in [-0.15, -0.1) is 12.4 Å². The molecule has 0 radical (unpaired) electrons. The molecule has 0 bridgehead atoms. The highest BCUT2D eigenvalue weighted by Crippen LogP contribution is 2.21. The molecular weight excluding hydrogens is 216 g/mol. The molecule has 14 heavy (non-hydrogen) atoms. The third-order valence-electron chi connectivity index (χ3n) is 2.25. The van der Waals surface area contributed by atoms with E-state index < -0.39 is 0 Å². The Morgan fingerprint density at radius 1 is 1.43 bits per heavy atom. The molecule has 0 saturated carbocycles. The fourth-order valence-corrected chi connectivity index (χ4v) is 2.60. The molecule has 2 rings (SSSR count). The maximum Gasteiger partial charge on any atom is 0.0270 e. The number of nitrogens with one attached hydrogen (secondary N) is 1. The fraction of sp³-hybridized carbons (Fsp3) is 0.500. The normalized spacial score (nSPS) is 20.4. The third-order valence-corrected chi connectivity index (χ3v) is 3.62. The van der Waals surface area contributed by atoms with Crippen LogP contribution in [0.5, 0.6) is 0 Å². The van der Waals surface area contributed by atoms with Gasteiger partial charge in [0.2, 0.25) is 0 Å². The average molecular weight is 231 g/mol. The van der Waals surface area contributed by atoms with Gasteiger partial charge in [-0.3, -0.25) is 4.98 Å². The van der Waals surface area contributed by atoms with Gasteiger partial charge in [0.15, 0.2) is 0 Å². The zero-order valence-electron chi connectivity index (χ0n) is 7.98. The zero-order valence-corrected chi connectivity index (χ0v) is 9.61. The molecule has 1 aliphatic heterocycles. The van der Waals surface area contributed by atoms with Crippen molar-refractivity contribution >= 4 is 24.2 Å². The van der Waals surface area contributed by atoms with Gasteiger partial charge in [-0.2, -0.15) is 11.8 Å². The molecule has 2 nitrogen and oxygen atoms in total. The van der Waals surface area contributed by atoms with Gasteiger partial charge in [-0.1, -0.05) is 0 Å². The van der Waals surface area contributed by atoms with Crippen molar-refractivity contribution in [1.29, 1.82) is 0 Å². The van der Waals surface area contributed by atoms with E-state index in [1.165, 1.54) is 25.1 Å². The molecular formula is C10H15ClN2S. The summed E-state index contributed by atoms with van der Waals surface area (Å²) >= 11 is 2.05. The predicted octanol–water partition coefficient (Wildman–Crippen LogP) is 2.10. The van der Waals surface area contributed by atoms with Crippen molar-refractivity contribution < 1.29 is 0 Å². The number of hydrogen-bond acceptors (Lipinski definition) is 3. The Balaban J connectivity index is 0.000000980. The molecule has 2 heterocycles.